The van der Waals surface area contributed by atoms with E-state index < -0.39 is 0 Å². The van der Waals surface area contributed by atoms with Crippen molar-refractivity contribution in [2.45, 2.75) is 13.0 Å². The molecule has 0 aliphatic carbocycles. The van der Waals surface area contributed by atoms with Crippen LogP contribution in [0.2, 0.25) is 5.02 Å². The zero-order valence-corrected chi connectivity index (χ0v) is 14.1. The number of aliphatic hydroxyl groups is 1. The van der Waals surface area contributed by atoms with Gasteiger partial charge in [0.2, 0.25) is 5.95 Å². The first-order chi connectivity index (χ1) is 11.5. The average molecular weight is 345 g/mol. The van der Waals surface area contributed by atoms with Crippen LogP contribution in [0.5, 0.6) is 0 Å². The molecule has 3 aromatic rings. The molecule has 1 atom stereocenters. The third kappa shape index (κ3) is 2.98. The minimum atomic E-state index is -0.185. The Kier molecular flexibility index (Phi) is 4.51. The summed E-state index contributed by atoms with van der Waals surface area (Å²) in [4.78, 5) is 21.3. The summed E-state index contributed by atoms with van der Waals surface area (Å²) in [6, 6.07) is 8.79. The van der Waals surface area contributed by atoms with E-state index >= 15 is 0 Å². The van der Waals surface area contributed by atoms with Crippen LogP contribution in [-0.2, 0) is 7.05 Å². The molecule has 0 amide bonds. The summed E-state index contributed by atoms with van der Waals surface area (Å²) in [6.07, 6.45) is 1.65. The SMILES string of the molecule is CC(CO)Nc1ncc2cc(-c3ccccc3Cl)c(=O)n(C)c2n1. The number of halogens is 1. The van der Waals surface area contributed by atoms with E-state index in [0.717, 1.165) is 5.39 Å². The van der Waals surface area contributed by atoms with E-state index in [9.17, 15) is 4.79 Å². The predicted octanol–water partition coefficient (Wildman–Crippen LogP) is 2.44. The first kappa shape index (κ1) is 16.4. The van der Waals surface area contributed by atoms with Gasteiger partial charge in [-0.15, -0.1) is 0 Å². The van der Waals surface area contributed by atoms with Gasteiger partial charge in [0.25, 0.3) is 5.56 Å². The first-order valence-corrected chi connectivity index (χ1v) is 7.88. The van der Waals surface area contributed by atoms with E-state index in [0.29, 0.717) is 27.7 Å². The Balaban J connectivity index is 2.16. The fraction of sp³-hybridized carbons (Fsp3) is 0.235. The molecule has 0 aliphatic rings. The van der Waals surface area contributed by atoms with Gasteiger partial charge in [-0.2, -0.15) is 4.98 Å². The molecule has 7 heteroatoms. The molecule has 0 saturated heterocycles. The number of rotatable bonds is 4. The largest absolute Gasteiger partial charge is 0.394 e. The van der Waals surface area contributed by atoms with Crippen LogP contribution in [0, 0.1) is 0 Å². The van der Waals surface area contributed by atoms with E-state index in [1.807, 2.05) is 25.1 Å². The minimum absolute atomic E-state index is 0.0359. The lowest BCUT2D eigenvalue weighted by atomic mass is 10.1. The van der Waals surface area contributed by atoms with E-state index in [1.165, 1.54) is 4.57 Å². The summed E-state index contributed by atoms with van der Waals surface area (Å²) in [7, 11) is 1.66. The summed E-state index contributed by atoms with van der Waals surface area (Å²) in [5.74, 6) is 0.365. The van der Waals surface area contributed by atoms with Gasteiger partial charge in [-0.1, -0.05) is 29.8 Å². The second-order valence-corrected chi connectivity index (χ2v) is 6.01. The van der Waals surface area contributed by atoms with Crippen molar-refractivity contribution in [1.29, 1.82) is 0 Å². The van der Waals surface area contributed by atoms with Crippen molar-refractivity contribution in [3.63, 3.8) is 0 Å². The van der Waals surface area contributed by atoms with Crippen molar-refractivity contribution in [3.05, 3.63) is 51.9 Å². The number of pyridine rings is 1. The molecule has 0 radical (unpaired) electrons. The molecule has 0 saturated carbocycles. The number of nitrogens with zero attached hydrogens (tertiary/aromatic N) is 3. The quantitative estimate of drug-likeness (QED) is 0.760. The van der Waals surface area contributed by atoms with Gasteiger partial charge in [0.05, 0.1) is 6.61 Å². The van der Waals surface area contributed by atoms with Gasteiger partial charge < -0.3 is 10.4 Å². The molecule has 24 heavy (non-hydrogen) atoms. The number of aliphatic hydroxyl groups excluding tert-OH is 1. The maximum Gasteiger partial charge on any atom is 0.259 e. The Bertz CT molecular complexity index is 955. The number of hydrogen-bond donors (Lipinski definition) is 2. The second kappa shape index (κ2) is 6.59. The zero-order valence-electron chi connectivity index (χ0n) is 13.3. The van der Waals surface area contributed by atoms with Crippen LogP contribution in [0.15, 0.2) is 41.3 Å². The molecule has 3 rings (SSSR count). The standard InChI is InChI=1S/C17H17ClN4O2/c1-10(9-23)20-17-19-8-11-7-13(12-5-3-4-6-14(12)18)16(24)22(2)15(11)21-17/h3-8,10,23H,9H2,1-2H3,(H,19,20,21). The average Bonchev–Trinajstić information content (AvgIpc) is 2.59. The molecule has 0 bridgehead atoms. The molecular weight excluding hydrogens is 328 g/mol. The molecule has 6 nitrogen and oxygen atoms in total. The summed E-state index contributed by atoms with van der Waals surface area (Å²) in [6.45, 7) is 1.78. The fourth-order valence-electron chi connectivity index (χ4n) is 2.45. The second-order valence-electron chi connectivity index (χ2n) is 5.60. The third-order valence-electron chi connectivity index (χ3n) is 3.76. The Morgan fingerprint density at radius 1 is 1.33 bits per heavy atom. The molecule has 2 aromatic heterocycles. The Morgan fingerprint density at radius 2 is 2.08 bits per heavy atom. The predicted molar refractivity (Wildman–Crippen MR) is 95.4 cm³/mol. The summed E-state index contributed by atoms with van der Waals surface area (Å²) in [5, 5.41) is 13.3. The summed E-state index contributed by atoms with van der Waals surface area (Å²) >= 11 is 6.22. The van der Waals surface area contributed by atoms with Crippen LogP contribution >= 0.6 is 11.6 Å². The van der Waals surface area contributed by atoms with Crippen molar-refractivity contribution in [2.24, 2.45) is 7.05 Å². The maximum atomic E-state index is 12.7. The lowest BCUT2D eigenvalue weighted by molar-refractivity contribution is 0.281. The van der Waals surface area contributed by atoms with Crippen LogP contribution in [0.25, 0.3) is 22.2 Å². The van der Waals surface area contributed by atoms with Crippen LogP contribution < -0.4 is 10.9 Å². The lowest BCUT2D eigenvalue weighted by Gasteiger charge is -2.13. The van der Waals surface area contributed by atoms with Crippen LogP contribution in [0.3, 0.4) is 0 Å². The topological polar surface area (TPSA) is 80.0 Å². The highest BCUT2D eigenvalue weighted by atomic mass is 35.5. The summed E-state index contributed by atoms with van der Waals surface area (Å²) in [5.41, 5.74) is 1.51. The van der Waals surface area contributed by atoms with Crippen LogP contribution in [0.4, 0.5) is 5.95 Å². The number of anilines is 1. The van der Waals surface area contributed by atoms with Gasteiger partial charge in [-0.3, -0.25) is 9.36 Å². The number of benzene rings is 1. The molecule has 0 fully saturated rings. The smallest absolute Gasteiger partial charge is 0.259 e. The number of hydrogen-bond acceptors (Lipinski definition) is 5. The number of aryl methyl sites for hydroxylation is 1. The molecule has 2 heterocycles. The lowest BCUT2D eigenvalue weighted by Crippen LogP contribution is -2.23. The normalized spacial score (nSPS) is 12.3. The number of fused-ring (bicyclic) bond motifs is 1. The highest BCUT2D eigenvalue weighted by Crippen LogP contribution is 2.26. The molecule has 124 valence electrons. The maximum absolute atomic E-state index is 12.7. The van der Waals surface area contributed by atoms with E-state index in [1.54, 1.807) is 25.4 Å². The number of nitrogens with one attached hydrogen (secondary N) is 1. The molecular formula is C17H17ClN4O2. The van der Waals surface area contributed by atoms with Crippen molar-refractivity contribution < 1.29 is 5.11 Å². The van der Waals surface area contributed by atoms with E-state index in [4.69, 9.17) is 16.7 Å². The number of aromatic nitrogens is 3. The Morgan fingerprint density at radius 3 is 2.79 bits per heavy atom. The van der Waals surface area contributed by atoms with Gasteiger partial charge in [-0.05, 0) is 19.1 Å². The van der Waals surface area contributed by atoms with Gasteiger partial charge >= 0.3 is 0 Å². The van der Waals surface area contributed by atoms with Crippen LogP contribution in [-0.4, -0.2) is 32.3 Å². The van der Waals surface area contributed by atoms with Gasteiger partial charge in [0, 0.05) is 40.8 Å². The molecule has 2 N–H and O–H groups in total. The minimum Gasteiger partial charge on any atom is -0.394 e. The highest BCUT2D eigenvalue weighted by Gasteiger charge is 2.13. The van der Waals surface area contributed by atoms with Crippen LogP contribution in [0.1, 0.15) is 6.92 Å². The fourth-order valence-corrected chi connectivity index (χ4v) is 2.69. The Labute approximate surface area is 143 Å². The van der Waals surface area contributed by atoms with Gasteiger partial charge in [0.1, 0.15) is 5.65 Å². The van der Waals surface area contributed by atoms with E-state index in [2.05, 4.69) is 15.3 Å². The first-order valence-electron chi connectivity index (χ1n) is 7.50. The Hall–Kier alpha value is -2.44. The molecule has 1 unspecified atom stereocenters. The van der Waals surface area contributed by atoms with Crippen molar-refractivity contribution in [1.82, 2.24) is 14.5 Å². The molecule has 0 spiro atoms. The summed E-state index contributed by atoms with van der Waals surface area (Å²) < 4.78 is 1.48. The van der Waals surface area contributed by atoms with Gasteiger partial charge in [-0.25, -0.2) is 4.98 Å². The van der Waals surface area contributed by atoms with E-state index in [-0.39, 0.29) is 18.2 Å². The highest BCUT2D eigenvalue weighted by molar-refractivity contribution is 6.33. The zero-order chi connectivity index (χ0) is 17.3. The third-order valence-corrected chi connectivity index (χ3v) is 4.09. The molecule has 0 aliphatic heterocycles. The monoisotopic (exact) mass is 344 g/mol. The molecule has 1 aromatic carbocycles. The van der Waals surface area contributed by atoms with Crippen molar-refractivity contribution in [3.8, 4) is 11.1 Å². The van der Waals surface area contributed by atoms with Crippen molar-refractivity contribution >= 4 is 28.6 Å². The van der Waals surface area contributed by atoms with Crippen molar-refractivity contribution in [2.75, 3.05) is 11.9 Å². The van der Waals surface area contributed by atoms with Gasteiger partial charge in [0.15, 0.2) is 0 Å².